The zero-order valence-electron chi connectivity index (χ0n) is 26.4. The Labute approximate surface area is 271 Å². The van der Waals surface area contributed by atoms with E-state index >= 15 is 0 Å². The summed E-state index contributed by atoms with van der Waals surface area (Å²) < 4.78 is 0. The molecule has 0 bridgehead atoms. The van der Waals surface area contributed by atoms with Crippen LogP contribution in [0.4, 0.5) is 28.4 Å². The van der Waals surface area contributed by atoms with Crippen LogP contribution in [0.2, 0.25) is 0 Å². The maximum absolute atomic E-state index is 2.50. The molecule has 1 aliphatic carbocycles. The number of hydrogen-bond acceptors (Lipinski definition) is 3. The van der Waals surface area contributed by atoms with Gasteiger partial charge in [-0.2, -0.15) is 0 Å². The summed E-state index contributed by atoms with van der Waals surface area (Å²) in [6.45, 7) is 9.39. The monoisotopic (exact) mass is 602 g/mol. The van der Waals surface area contributed by atoms with Gasteiger partial charge in [0.2, 0.25) is 0 Å². The summed E-state index contributed by atoms with van der Waals surface area (Å²) >= 11 is 1.82. The lowest BCUT2D eigenvalue weighted by atomic mass is 9.71. The van der Waals surface area contributed by atoms with Crippen molar-refractivity contribution in [1.82, 2.24) is 0 Å². The van der Waals surface area contributed by atoms with Gasteiger partial charge in [-0.3, -0.25) is 0 Å². The van der Waals surface area contributed by atoms with Gasteiger partial charge in [0.05, 0.1) is 11.4 Å². The molecule has 222 valence electrons. The summed E-state index contributed by atoms with van der Waals surface area (Å²) in [5.41, 5.74) is 13.1. The number of hydrogen-bond donors (Lipinski definition) is 0. The second-order valence-corrected chi connectivity index (χ2v) is 14.5. The third-order valence-corrected chi connectivity index (χ3v) is 11.0. The third kappa shape index (κ3) is 4.48. The Morgan fingerprint density at radius 1 is 0.511 bits per heavy atom. The van der Waals surface area contributed by atoms with Crippen molar-refractivity contribution in [3.8, 4) is 0 Å². The highest BCUT2D eigenvalue weighted by atomic mass is 32.2. The van der Waals surface area contributed by atoms with E-state index in [-0.39, 0.29) is 10.8 Å². The topological polar surface area (TPSA) is 6.48 Å². The van der Waals surface area contributed by atoms with E-state index < -0.39 is 0 Å². The number of rotatable bonds is 4. The molecule has 2 aliphatic heterocycles. The number of allylic oxidation sites excluding steroid dienone is 4. The molecule has 0 saturated heterocycles. The zero-order chi connectivity index (χ0) is 30.8. The predicted molar refractivity (Wildman–Crippen MR) is 191 cm³/mol. The van der Waals surface area contributed by atoms with Gasteiger partial charge in [-0.1, -0.05) is 106 Å². The lowest BCUT2D eigenvalue weighted by molar-refractivity contribution is 0.603. The molecule has 0 fully saturated rings. The summed E-state index contributed by atoms with van der Waals surface area (Å²) in [6.07, 6.45) is 6.85. The largest absolute Gasteiger partial charge is 0.314 e. The molecule has 8 rings (SSSR count). The minimum atomic E-state index is -0.0517. The Morgan fingerprint density at radius 2 is 0.956 bits per heavy atom. The van der Waals surface area contributed by atoms with Crippen molar-refractivity contribution < 1.29 is 0 Å². The van der Waals surface area contributed by atoms with Gasteiger partial charge in [0, 0.05) is 43.4 Å². The summed E-state index contributed by atoms with van der Waals surface area (Å²) in [6, 6.07) is 44.7. The molecule has 3 heteroatoms. The van der Waals surface area contributed by atoms with Gasteiger partial charge in [-0.05, 0) is 102 Å². The van der Waals surface area contributed by atoms with Crippen molar-refractivity contribution in [2.45, 2.75) is 61.2 Å². The predicted octanol–water partition coefficient (Wildman–Crippen LogP) is 12.0. The zero-order valence-corrected chi connectivity index (χ0v) is 27.2. The highest BCUT2D eigenvalue weighted by Gasteiger charge is 2.38. The molecule has 45 heavy (non-hydrogen) atoms. The van der Waals surface area contributed by atoms with Crippen LogP contribution in [0.25, 0.3) is 0 Å². The summed E-state index contributed by atoms with van der Waals surface area (Å²) in [7, 11) is 0. The molecule has 5 aromatic rings. The fraction of sp³-hybridized carbons (Fsp3) is 0.190. The van der Waals surface area contributed by atoms with Gasteiger partial charge in [-0.15, -0.1) is 0 Å². The summed E-state index contributed by atoms with van der Waals surface area (Å²) in [5.74, 6) is 0. The molecule has 0 N–H and O–H groups in total. The minimum Gasteiger partial charge on any atom is -0.314 e. The summed E-state index contributed by atoms with van der Waals surface area (Å²) in [5, 5.41) is 0. The number of fused-ring (bicyclic) bond motifs is 3. The van der Waals surface area contributed by atoms with Crippen molar-refractivity contribution in [3.05, 3.63) is 161 Å². The molecule has 5 aromatic carbocycles. The Balaban J connectivity index is 1.08. The smallest absolute Gasteiger partial charge is 0.0502 e. The van der Waals surface area contributed by atoms with E-state index in [2.05, 4.69) is 171 Å². The Hall–Kier alpha value is -4.47. The second kappa shape index (κ2) is 10.6. The van der Waals surface area contributed by atoms with E-state index in [9.17, 15) is 0 Å². The van der Waals surface area contributed by atoms with Crippen LogP contribution in [0.3, 0.4) is 0 Å². The maximum Gasteiger partial charge on any atom is 0.0502 e. The highest BCUT2D eigenvalue weighted by molar-refractivity contribution is 7.99. The first kappa shape index (κ1) is 28.0. The van der Waals surface area contributed by atoms with Gasteiger partial charge in [0.25, 0.3) is 0 Å². The second-order valence-electron chi connectivity index (χ2n) is 13.4. The van der Waals surface area contributed by atoms with Crippen LogP contribution in [0, 0.1) is 0 Å². The van der Waals surface area contributed by atoms with E-state index in [0.29, 0.717) is 0 Å². The molecule has 3 aliphatic rings. The first-order valence-electron chi connectivity index (χ1n) is 16.0. The Morgan fingerprint density at radius 3 is 1.49 bits per heavy atom. The van der Waals surface area contributed by atoms with Crippen LogP contribution in [0.1, 0.15) is 57.2 Å². The molecule has 2 heterocycles. The van der Waals surface area contributed by atoms with Crippen LogP contribution in [0.5, 0.6) is 0 Å². The van der Waals surface area contributed by atoms with Gasteiger partial charge in [-0.25, -0.2) is 0 Å². The molecule has 0 saturated carbocycles. The van der Waals surface area contributed by atoms with Crippen molar-refractivity contribution in [2.75, 3.05) is 9.80 Å². The molecule has 0 spiro atoms. The van der Waals surface area contributed by atoms with Crippen LogP contribution in [0.15, 0.2) is 155 Å². The third-order valence-electron chi connectivity index (χ3n) is 9.97. The van der Waals surface area contributed by atoms with E-state index in [1.165, 1.54) is 66.2 Å². The van der Waals surface area contributed by atoms with Gasteiger partial charge >= 0.3 is 0 Å². The van der Waals surface area contributed by atoms with Gasteiger partial charge in [0.15, 0.2) is 0 Å². The minimum absolute atomic E-state index is 0.00411. The fourth-order valence-electron chi connectivity index (χ4n) is 7.65. The van der Waals surface area contributed by atoms with Crippen molar-refractivity contribution in [1.29, 1.82) is 0 Å². The number of benzene rings is 5. The quantitative estimate of drug-likeness (QED) is 0.202. The van der Waals surface area contributed by atoms with Crippen LogP contribution in [-0.4, -0.2) is 0 Å². The van der Waals surface area contributed by atoms with E-state index in [4.69, 9.17) is 0 Å². The molecule has 0 atom stereocenters. The lowest BCUT2D eigenvalue weighted by Crippen LogP contribution is -2.34. The molecular formula is C42H38N2S. The summed E-state index contributed by atoms with van der Waals surface area (Å²) in [4.78, 5) is 7.39. The molecule has 0 amide bonds. The van der Waals surface area contributed by atoms with Gasteiger partial charge in [0.1, 0.15) is 0 Å². The van der Waals surface area contributed by atoms with Crippen LogP contribution >= 0.6 is 11.8 Å². The highest BCUT2D eigenvalue weighted by Crippen LogP contribution is 2.53. The molecule has 0 aromatic heterocycles. The van der Waals surface area contributed by atoms with Crippen molar-refractivity contribution >= 4 is 40.2 Å². The Bertz CT molecular complexity index is 1930. The maximum atomic E-state index is 2.50. The van der Waals surface area contributed by atoms with Crippen LogP contribution in [-0.2, 0) is 10.8 Å². The van der Waals surface area contributed by atoms with Gasteiger partial charge < -0.3 is 9.80 Å². The Kier molecular flexibility index (Phi) is 6.58. The average molecular weight is 603 g/mol. The average Bonchev–Trinajstić information content (AvgIpc) is 3.07. The van der Waals surface area contributed by atoms with Crippen molar-refractivity contribution in [3.63, 3.8) is 0 Å². The molecule has 2 nitrogen and oxygen atoms in total. The first-order chi connectivity index (χ1) is 21.8. The fourth-order valence-corrected chi connectivity index (χ4v) is 8.46. The van der Waals surface area contributed by atoms with E-state index in [1.807, 2.05) is 11.8 Å². The van der Waals surface area contributed by atoms with E-state index in [0.717, 1.165) is 12.8 Å². The number of nitrogens with zero attached hydrogens (tertiary/aromatic N) is 2. The standard InChI is InChI=1S/C42H38N2S/c1-41(2)33-13-5-9-17-37(33)43(38-18-10-6-14-34(38)41)29-21-25-31(26-22-29)45-32-27-23-30(24-28-32)44-39-19-11-7-15-35(39)42(3,4)36-16-8-12-20-40(36)44/h5-11,13-19,21-28H,12,20H2,1-4H3. The van der Waals surface area contributed by atoms with Crippen molar-refractivity contribution in [2.24, 2.45) is 0 Å². The van der Waals surface area contributed by atoms with E-state index in [1.54, 1.807) is 0 Å². The first-order valence-corrected chi connectivity index (χ1v) is 16.8. The molecular weight excluding hydrogens is 565 g/mol. The number of anilines is 5. The normalized spacial score (nSPS) is 17.3. The molecule has 0 unspecified atom stereocenters. The lowest BCUT2D eigenvalue weighted by Gasteiger charge is -2.44. The van der Waals surface area contributed by atoms with Crippen LogP contribution < -0.4 is 9.80 Å². The molecule has 0 radical (unpaired) electrons. The number of para-hydroxylation sites is 3. The SMILES string of the molecule is CC1(C)C2=C(CCC=C2)N(c2ccc(Sc3ccc(N4c5ccccc5C(C)(C)c5ccccc54)cc3)cc2)c2ccccc21.